The lowest BCUT2D eigenvalue weighted by molar-refractivity contribution is 0.0936. The van der Waals surface area contributed by atoms with E-state index in [4.69, 9.17) is 4.42 Å². The Labute approximate surface area is 140 Å². The number of carbonyl (C=O) groups is 1. The van der Waals surface area contributed by atoms with Gasteiger partial charge in [0, 0.05) is 23.7 Å². The molecule has 0 aliphatic heterocycles. The minimum Gasteiger partial charge on any atom is -0.461 e. The highest BCUT2D eigenvalue weighted by Gasteiger charge is 2.24. The number of hydrogen-bond donors (Lipinski definition) is 1. The third-order valence-corrected chi connectivity index (χ3v) is 4.88. The van der Waals surface area contributed by atoms with Crippen LogP contribution in [0.2, 0.25) is 0 Å². The van der Waals surface area contributed by atoms with E-state index in [1.54, 1.807) is 12.3 Å². The Morgan fingerprint density at radius 3 is 2.96 bits per heavy atom. The first-order valence-corrected chi connectivity index (χ1v) is 8.53. The summed E-state index contributed by atoms with van der Waals surface area (Å²) in [5.41, 5.74) is 2.73. The summed E-state index contributed by atoms with van der Waals surface area (Å²) in [6.07, 6.45) is 5.91. The zero-order valence-electron chi connectivity index (χ0n) is 13.8. The predicted octanol–water partition coefficient (Wildman–Crippen LogP) is 3.64. The second-order valence-electron chi connectivity index (χ2n) is 6.38. The summed E-state index contributed by atoms with van der Waals surface area (Å²) < 4.78 is 7.65. The Morgan fingerprint density at radius 2 is 2.17 bits per heavy atom. The minimum atomic E-state index is -0.0511. The van der Waals surface area contributed by atoms with E-state index in [0.717, 1.165) is 36.0 Å². The maximum absolute atomic E-state index is 12.5. The second-order valence-corrected chi connectivity index (χ2v) is 6.38. The Kier molecular flexibility index (Phi) is 3.84. The van der Waals surface area contributed by atoms with E-state index in [-0.39, 0.29) is 5.91 Å². The van der Waals surface area contributed by atoms with Crippen LogP contribution in [-0.4, -0.2) is 22.2 Å². The standard InChI is InChI=1S/C19H21N3O2/c1-13-15(16-7-2-3-8-18(16)24-13)9-11-20-19(23)17-10-12-21-22(17)14-5-4-6-14/h2-3,7-8,10,12,14H,4-6,9,11H2,1H3,(H,20,23). The van der Waals surface area contributed by atoms with Crippen LogP contribution in [0.1, 0.15) is 47.1 Å². The summed E-state index contributed by atoms with van der Waals surface area (Å²) in [5, 5.41) is 8.46. The van der Waals surface area contributed by atoms with Gasteiger partial charge in [0.25, 0.3) is 5.91 Å². The van der Waals surface area contributed by atoms with E-state index in [9.17, 15) is 4.79 Å². The molecular formula is C19H21N3O2. The summed E-state index contributed by atoms with van der Waals surface area (Å²) in [6.45, 7) is 2.56. The van der Waals surface area contributed by atoms with Crippen molar-refractivity contribution in [1.29, 1.82) is 0 Å². The summed E-state index contributed by atoms with van der Waals surface area (Å²) in [7, 11) is 0. The highest BCUT2D eigenvalue weighted by molar-refractivity contribution is 5.92. The highest BCUT2D eigenvalue weighted by atomic mass is 16.3. The number of aryl methyl sites for hydroxylation is 1. The Hall–Kier alpha value is -2.56. The van der Waals surface area contributed by atoms with E-state index >= 15 is 0 Å². The fourth-order valence-corrected chi connectivity index (χ4v) is 3.34. The molecule has 1 aliphatic rings. The predicted molar refractivity (Wildman–Crippen MR) is 92.1 cm³/mol. The second kappa shape index (κ2) is 6.15. The molecule has 1 saturated carbocycles. The number of benzene rings is 1. The van der Waals surface area contributed by atoms with Gasteiger partial charge in [-0.3, -0.25) is 9.48 Å². The van der Waals surface area contributed by atoms with Crippen LogP contribution in [0.15, 0.2) is 40.9 Å². The van der Waals surface area contributed by atoms with Gasteiger partial charge >= 0.3 is 0 Å². The summed E-state index contributed by atoms with van der Waals surface area (Å²) in [6, 6.07) is 10.2. The molecule has 5 nitrogen and oxygen atoms in total. The summed E-state index contributed by atoms with van der Waals surface area (Å²) in [4.78, 5) is 12.5. The molecule has 1 aromatic carbocycles. The van der Waals surface area contributed by atoms with E-state index in [2.05, 4.69) is 16.5 Å². The van der Waals surface area contributed by atoms with Crippen LogP contribution < -0.4 is 5.32 Å². The maximum Gasteiger partial charge on any atom is 0.269 e. The van der Waals surface area contributed by atoms with Crippen LogP contribution in [0.5, 0.6) is 0 Å². The molecule has 1 amide bonds. The molecule has 1 aliphatic carbocycles. The number of rotatable bonds is 5. The van der Waals surface area contributed by atoms with Crippen LogP contribution in [0, 0.1) is 6.92 Å². The van der Waals surface area contributed by atoms with Crippen molar-refractivity contribution in [1.82, 2.24) is 15.1 Å². The van der Waals surface area contributed by atoms with Gasteiger partial charge in [-0.05, 0) is 44.7 Å². The van der Waals surface area contributed by atoms with Crippen LogP contribution in [0.25, 0.3) is 11.0 Å². The van der Waals surface area contributed by atoms with Gasteiger partial charge in [0.1, 0.15) is 17.0 Å². The Balaban J connectivity index is 1.43. The molecular weight excluding hydrogens is 302 g/mol. The van der Waals surface area contributed by atoms with Crippen LogP contribution in [0.4, 0.5) is 0 Å². The molecule has 5 heteroatoms. The molecule has 0 spiro atoms. The number of fused-ring (bicyclic) bond motifs is 1. The molecule has 0 radical (unpaired) electrons. The van der Waals surface area contributed by atoms with Crippen molar-refractivity contribution in [2.24, 2.45) is 0 Å². The lowest BCUT2D eigenvalue weighted by Crippen LogP contribution is -2.30. The summed E-state index contributed by atoms with van der Waals surface area (Å²) in [5.74, 6) is 0.870. The molecule has 1 N–H and O–H groups in total. The van der Waals surface area contributed by atoms with Gasteiger partial charge in [-0.15, -0.1) is 0 Å². The molecule has 124 valence electrons. The molecule has 2 heterocycles. The minimum absolute atomic E-state index is 0.0511. The monoisotopic (exact) mass is 323 g/mol. The zero-order valence-corrected chi connectivity index (χ0v) is 13.8. The SMILES string of the molecule is Cc1oc2ccccc2c1CCNC(=O)c1ccnn1C1CCC1. The topological polar surface area (TPSA) is 60.1 Å². The number of para-hydroxylation sites is 1. The Morgan fingerprint density at radius 1 is 1.33 bits per heavy atom. The number of nitrogens with one attached hydrogen (secondary N) is 1. The van der Waals surface area contributed by atoms with Crippen LogP contribution in [0.3, 0.4) is 0 Å². The molecule has 24 heavy (non-hydrogen) atoms. The molecule has 1 fully saturated rings. The fourth-order valence-electron chi connectivity index (χ4n) is 3.34. The van der Waals surface area contributed by atoms with Gasteiger partial charge in [-0.2, -0.15) is 5.10 Å². The molecule has 0 unspecified atom stereocenters. The van der Waals surface area contributed by atoms with E-state index < -0.39 is 0 Å². The van der Waals surface area contributed by atoms with Gasteiger partial charge < -0.3 is 9.73 Å². The van der Waals surface area contributed by atoms with Gasteiger partial charge in [0.15, 0.2) is 0 Å². The van der Waals surface area contributed by atoms with Crippen molar-refractivity contribution in [3.8, 4) is 0 Å². The van der Waals surface area contributed by atoms with Crippen LogP contribution >= 0.6 is 0 Å². The smallest absolute Gasteiger partial charge is 0.269 e. The van der Waals surface area contributed by atoms with Crippen molar-refractivity contribution in [3.05, 3.63) is 53.5 Å². The quantitative estimate of drug-likeness (QED) is 0.780. The zero-order chi connectivity index (χ0) is 16.5. The number of aromatic nitrogens is 2. The average Bonchev–Trinajstić information content (AvgIpc) is 3.11. The van der Waals surface area contributed by atoms with Gasteiger partial charge in [0.05, 0.1) is 6.04 Å². The largest absolute Gasteiger partial charge is 0.461 e. The van der Waals surface area contributed by atoms with Crippen LogP contribution in [-0.2, 0) is 6.42 Å². The first-order valence-electron chi connectivity index (χ1n) is 8.53. The van der Waals surface area contributed by atoms with Crippen molar-refractivity contribution in [3.63, 3.8) is 0 Å². The van der Waals surface area contributed by atoms with Crippen molar-refractivity contribution in [2.75, 3.05) is 6.54 Å². The number of carbonyl (C=O) groups excluding carboxylic acids is 1. The van der Waals surface area contributed by atoms with Crippen molar-refractivity contribution in [2.45, 2.75) is 38.6 Å². The summed E-state index contributed by atoms with van der Waals surface area (Å²) >= 11 is 0. The first-order chi connectivity index (χ1) is 11.7. The lowest BCUT2D eigenvalue weighted by Gasteiger charge is -2.27. The average molecular weight is 323 g/mol. The number of nitrogens with zero attached hydrogens (tertiary/aromatic N) is 2. The highest BCUT2D eigenvalue weighted by Crippen LogP contribution is 2.31. The molecule has 0 atom stereocenters. The Bertz CT molecular complexity index is 874. The maximum atomic E-state index is 12.5. The number of furan rings is 1. The number of amides is 1. The van der Waals surface area contributed by atoms with Crippen molar-refractivity contribution >= 4 is 16.9 Å². The lowest BCUT2D eigenvalue weighted by atomic mass is 9.93. The van der Waals surface area contributed by atoms with Crippen molar-refractivity contribution < 1.29 is 9.21 Å². The molecule has 2 aromatic heterocycles. The third kappa shape index (κ3) is 2.60. The van der Waals surface area contributed by atoms with Gasteiger partial charge in [0.2, 0.25) is 0 Å². The van der Waals surface area contributed by atoms with Gasteiger partial charge in [-0.1, -0.05) is 18.2 Å². The van der Waals surface area contributed by atoms with E-state index in [1.165, 1.54) is 12.0 Å². The van der Waals surface area contributed by atoms with E-state index in [0.29, 0.717) is 18.3 Å². The molecule has 3 aromatic rings. The first kappa shape index (κ1) is 15.0. The number of hydrogen-bond acceptors (Lipinski definition) is 3. The van der Waals surface area contributed by atoms with Gasteiger partial charge in [-0.25, -0.2) is 0 Å². The molecule has 4 rings (SSSR count). The molecule has 0 bridgehead atoms. The molecule has 0 saturated heterocycles. The third-order valence-electron chi connectivity index (χ3n) is 4.88. The normalized spacial score (nSPS) is 14.7. The fraction of sp³-hybridized carbons (Fsp3) is 0.368. The van der Waals surface area contributed by atoms with E-state index in [1.807, 2.05) is 29.8 Å².